The molecule has 2 aromatic rings. The first-order chi connectivity index (χ1) is 10.0. The van der Waals surface area contributed by atoms with Gasteiger partial charge in [0.05, 0.1) is 11.0 Å². The van der Waals surface area contributed by atoms with Gasteiger partial charge in [-0.1, -0.05) is 12.8 Å². The fourth-order valence-corrected chi connectivity index (χ4v) is 4.01. The molecule has 6 heteroatoms. The Morgan fingerprint density at radius 2 is 2.10 bits per heavy atom. The van der Waals surface area contributed by atoms with Crippen molar-refractivity contribution in [3.63, 3.8) is 0 Å². The van der Waals surface area contributed by atoms with E-state index < -0.39 is 5.60 Å². The first-order valence-corrected chi connectivity index (χ1v) is 8.22. The second kappa shape index (κ2) is 5.42. The smallest absolute Gasteiger partial charge is 0.225 e. The Morgan fingerprint density at radius 3 is 2.76 bits per heavy atom. The number of aromatic nitrogens is 2. The van der Waals surface area contributed by atoms with Gasteiger partial charge in [-0.15, -0.1) is 11.3 Å². The summed E-state index contributed by atoms with van der Waals surface area (Å²) in [4.78, 5) is 13.4. The van der Waals surface area contributed by atoms with Gasteiger partial charge in [0.15, 0.2) is 0 Å². The zero-order valence-electron chi connectivity index (χ0n) is 12.8. The molecule has 1 saturated carbocycles. The molecule has 0 atom stereocenters. The number of fused-ring (bicyclic) bond motifs is 1. The molecule has 2 aromatic heterocycles. The van der Waals surface area contributed by atoms with E-state index in [4.69, 9.17) is 0 Å². The summed E-state index contributed by atoms with van der Waals surface area (Å²) in [6.45, 7) is 2.71. The fraction of sp³-hybridized carbons (Fsp3) is 0.600. The van der Waals surface area contributed by atoms with Gasteiger partial charge in [-0.2, -0.15) is 4.98 Å². The molecule has 0 radical (unpaired) electrons. The van der Waals surface area contributed by atoms with Crippen molar-refractivity contribution in [1.29, 1.82) is 0 Å². The Kier molecular flexibility index (Phi) is 3.75. The van der Waals surface area contributed by atoms with Crippen LogP contribution in [0.15, 0.2) is 6.07 Å². The largest absolute Gasteiger partial charge is 0.388 e. The molecule has 0 bridgehead atoms. The van der Waals surface area contributed by atoms with Crippen LogP contribution < -0.4 is 10.2 Å². The standard InChI is InChI=1S/C15H22N4OS/c1-10-8-11-12(17-14(16-2)18-13(11)21-10)19(3)9-15(20)6-4-5-7-15/h8,20H,4-7,9H2,1-3H3,(H,16,17,18). The minimum atomic E-state index is -0.573. The Morgan fingerprint density at radius 1 is 1.38 bits per heavy atom. The van der Waals surface area contributed by atoms with Gasteiger partial charge >= 0.3 is 0 Å². The zero-order valence-corrected chi connectivity index (χ0v) is 13.6. The van der Waals surface area contributed by atoms with Gasteiger partial charge in [0.2, 0.25) is 5.95 Å². The maximum absolute atomic E-state index is 10.6. The molecule has 0 aromatic carbocycles. The molecule has 0 unspecified atom stereocenters. The second-order valence-electron chi connectivity index (χ2n) is 5.98. The topological polar surface area (TPSA) is 61.3 Å². The van der Waals surface area contributed by atoms with Crippen LogP contribution in [0, 0.1) is 6.92 Å². The summed E-state index contributed by atoms with van der Waals surface area (Å²) < 4.78 is 0. The molecule has 3 rings (SSSR count). The molecule has 0 amide bonds. The van der Waals surface area contributed by atoms with Crippen molar-refractivity contribution < 1.29 is 5.11 Å². The van der Waals surface area contributed by atoms with Gasteiger partial charge in [0, 0.05) is 25.5 Å². The highest BCUT2D eigenvalue weighted by atomic mass is 32.1. The SMILES string of the molecule is CNc1nc(N(C)CC2(O)CCCC2)c2cc(C)sc2n1. The lowest BCUT2D eigenvalue weighted by Crippen LogP contribution is -2.39. The lowest BCUT2D eigenvalue weighted by molar-refractivity contribution is 0.0558. The quantitative estimate of drug-likeness (QED) is 0.909. The van der Waals surface area contributed by atoms with Gasteiger partial charge in [-0.05, 0) is 25.8 Å². The van der Waals surface area contributed by atoms with Crippen molar-refractivity contribution >= 4 is 33.3 Å². The van der Waals surface area contributed by atoms with Crippen LogP contribution in [-0.4, -0.2) is 41.3 Å². The van der Waals surface area contributed by atoms with Crippen molar-refractivity contribution in [3.8, 4) is 0 Å². The molecule has 1 aliphatic rings. The van der Waals surface area contributed by atoms with Crippen LogP contribution in [0.25, 0.3) is 10.2 Å². The summed E-state index contributed by atoms with van der Waals surface area (Å²) in [6.07, 6.45) is 3.99. The summed E-state index contributed by atoms with van der Waals surface area (Å²) >= 11 is 1.67. The van der Waals surface area contributed by atoms with Crippen LogP contribution >= 0.6 is 11.3 Å². The summed E-state index contributed by atoms with van der Waals surface area (Å²) in [6, 6.07) is 2.13. The Labute approximate surface area is 129 Å². The molecule has 5 nitrogen and oxygen atoms in total. The van der Waals surface area contributed by atoms with E-state index in [9.17, 15) is 5.11 Å². The average molecular weight is 306 g/mol. The molecule has 0 aliphatic heterocycles. The van der Waals surface area contributed by atoms with Crippen LogP contribution in [0.1, 0.15) is 30.6 Å². The molecule has 114 valence electrons. The number of aliphatic hydroxyl groups is 1. The fourth-order valence-electron chi connectivity index (χ4n) is 3.14. The molecule has 0 spiro atoms. The van der Waals surface area contributed by atoms with Crippen LogP contribution in [0.5, 0.6) is 0 Å². The van der Waals surface area contributed by atoms with Gasteiger partial charge in [-0.3, -0.25) is 0 Å². The number of rotatable bonds is 4. The lowest BCUT2D eigenvalue weighted by atomic mass is 10.0. The molecular formula is C15H22N4OS. The predicted molar refractivity (Wildman–Crippen MR) is 88.4 cm³/mol. The molecule has 21 heavy (non-hydrogen) atoms. The third-order valence-electron chi connectivity index (χ3n) is 4.15. The molecular weight excluding hydrogens is 284 g/mol. The molecule has 2 heterocycles. The van der Waals surface area contributed by atoms with Crippen molar-refractivity contribution in [2.24, 2.45) is 0 Å². The summed E-state index contributed by atoms with van der Waals surface area (Å²) in [5.74, 6) is 1.53. The lowest BCUT2D eigenvalue weighted by Gasteiger charge is -2.29. The van der Waals surface area contributed by atoms with Crippen molar-refractivity contribution in [2.45, 2.75) is 38.2 Å². The molecule has 1 fully saturated rings. The van der Waals surface area contributed by atoms with Gasteiger partial charge in [0.1, 0.15) is 10.6 Å². The van der Waals surface area contributed by atoms with Gasteiger partial charge in [-0.25, -0.2) is 4.98 Å². The molecule has 2 N–H and O–H groups in total. The average Bonchev–Trinajstić information content (AvgIpc) is 3.02. The maximum Gasteiger partial charge on any atom is 0.225 e. The highest BCUT2D eigenvalue weighted by Gasteiger charge is 2.33. The van der Waals surface area contributed by atoms with Crippen molar-refractivity contribution in [1.82, 2.24) is 9.97 Å². The summed E-state index contributed by atoms with van der Waals surface area (Å²) in [5.41, 5.74) is -0.573. The number of likely N-dealkylation sites (N-methyl/N-ethyl adjacent to an activating group) is 1. The number of aryl methyl sites for hydroxylation is 1. The number of hydrogen-bond acceptors (Lipinski definition) is 6. The van der Waals surface area contributed by atoms with Crippen LogP contribution in [0.2, 0.25) is 0 Å². The Balaban J connectivity index is 1.97. The van der Waals surface area contributed by atoms with E-state index in [0.717, 1.165) is 41.7 Å². The number of nitrogens with zero attached hydrogens (tertiary/aromatic N) is 3. The van der Waals surface area contributed by atoms with E-state index in [-0.39, 0.29) is 0 Å². The Bertz CT molecular complexity index is 648. The van der Waals surface area contributed by atoms with E-state index in [1.165, 1.54) is 4.88 Å². The van der Waals surface area contributed by atoms with Crippen LogP contribution in [0.4, 0.5) is 11.8 Å². The molecule has 0 saturated heterocycles. The minimum Gasteiger partial charge on any atom is -0.388 e. The van der Waals surface area contributed by atoms with Crippen molar-refractivity contribution in [3.05, 3.63) is 10.9 Å². The summed E-state index contributed by atoms with van der Waals surface area (Å²) in [5, 5.41) is 14.7. The predicted octanol–water partition coefficient (Wildman–Crippen LogP) is 2.78. The second-order valence-corrected chi connectivity index (χ2v) is 7.22. The monoisotopic (exact) mass is 306 g/mol. The number of thiophene rings is 1. The highest BCUT2D eigenvalue weighted by Crippen LogP contribution is 2.34. The van der Waals surface area contributed by atoms with E-state index >= 15 is 0 Å². The third kappa shape index (κ3) is 2.82. The minimum absolute atomic E-state index is 0.573. The van der Waals surface area contributed by atoms with Crippen LogP contribution in [-0.2, 0) is 0 Å². The third-order valence-corrected chi connectivity index (χ3v) is 5.09. The van der Waals surface area contributed by atoms with E-state index in [0.29, 0.717) is 12.5 Å². The van der Waals surface area contributed by atoms with Crippen molar-refractivity contribution in [2.75, 3.05) is 30.9 Å². The van der Waals surface area contributed by atoms with E-state index in [2.05, 4.69) is 33.2 Å². The maximum atomic E-state index is 10.6. The van der Waals surface area contributed by atoms with Gasteiger partial charge in [0.25, 0.3) is 0 Å². The van der Waals surface area contributed by atoms with E-state index in [1.807, 2.05) is 14.1 Å². The molecule has 1 aliphatic carbocycles. The summed E-state index contributed by atoms with van der Waals surface area (Å²) in [7, 11) is 3.83. The first kappa shape index (κ1) is 14.5. The number of hydrogen-bond donors (Lipinski definition) is 2. The highest BCUT2D eigenvalue weighted by molar-refractivity contribution is 7.18. The Hall–Kier alpha value is -1.40. The number of anilines is 2. The van der Waals surface area contributed by atoms with Crippen LogP contribution in [0.3, 0.4) is 0 Å². The first-order valence-electron chi connectivity index (χ1n) is 7.40. The normalized spacial score (nSPS) is 17.3. The zero-order chi connectivity index (χ0) is 15.0. The number of nitrogens with one attached hydrogen (secondary N) is 1. The van der Waals surface area contributed by atoms with E-state index in [1.54, 1.807) is 11.3 Å². The van der Waals surface area contributed by atoms with Gasteiger partial charge < -0.3 is 15.3 Å².